The van der Waals surface area contributed by atoms with Crippen LogP contribution in [0, 0.1) is 5.41 Å². The molecule has 0 aromatic carbocycles. The predicted molar refractivity (Wildman–Crippen MR) is 70.1 cm³/mol. The minimum atomic E-state index is -0.228. The van der Waals surface area contributed by atoms with Crippen molar-refractivity contribution in [2.24, 2.45) is 5.41 Å². The molecule has 4 nitrogen and oxygen atoms in total. The van der Waals surface area contributed by atoms with Gasteiger partial charge in [0.1, 0.15) is 0 Å². The topological polar surface area (TPSA) is 46.6 Å². The molecule has 0 N–H and O–H groups in total. The number of ether oxygens (including phenoxy) is 1. The number of hydrogen-bond acceptors (Lipinski definition) is 3. The van der Waals surface area contributed by atoms with E-state index in [4.69, 9.17) is 4.74 Å². The molecule has 0 aliphatic heterocycles. The molecule has 0 spiro atoms. The Balaban J connectivity index is 2.47. The van der Waals surface area contributed by atoms with E-state index in [0.29, 0.717) is 13.2 Å². The van der Waals surface area contributed by atoms with Crippen molar-refractivity contribution in [3.63, 3.8) is 0 Å². The Morgan fingerprint density at radius 1 is 1.22 bits per heavy atom. The summed E-state index contributed by atoms with van der Waals surface area (Å²) in [7, 11) is 1.79. The number of rotatable bonds is 6. The Morgan fingerprint density at radius 2 is 1.83 bits per heavy atom. The first-order valence-corrected chi connectivity index (χ1v) is 6.97. The van der Waals surface area contributed by atoms with E-state index in [-0.39, 0.29) is 23.7 Å². The molecule has 1 rings (SSSR count). The van der Waals surface area contributed by atoms with Crippen molar-refractivity contribution >= 4 is 11.9 Å². The maximum atomic E-state index is 12.4. The number of carbonyl (C=O) groups excluding carboxylic acids is 2. The van der Waals surface area contributed by atoms with E-state index in [9.17, 15) is 9.59 Å². The van der Waals surface area contributed by atoms with Gasteiger partial charge in [0.05, 0.1) is 13.0 Å². The lowest BCUT2D eigenvalue weighted by Gasteiger charge is -2.31. The van der Waals surface area contributed by atoms with Gasteiger partial charge in [-0.25, -0.2) is 0 Å². The second-order valence-electron chi connectivity index (χ2n) is 5.12. The largest absolute Gasteiger partial charge is 0.466 e. The highest BCUT2D eigenvalue weighted by atomic mass is 16.5. The van der Waals surface area contributed by atoms with Crippen LogP contribution in [0.3, 0.4) is 0 Å². The number of amides is 1. The zero-order chi connectivity index (χ0) is 13.6. The molecule has 1 fully saturated rings. The molecular formula is C14H25NO3. The van der Waals surface area contributed by atoms with E-state index in [1.807, 2.05) is 0 Å². The summed E-state index contributed by atoms with van der Waals surface area (Å²) in [5.74, 6) is -0.0269. The van der Waals surface area contributed by atoms with Crippen molar-refractivity contribution in [1.29, 1.82) is 0 Å². The molecule has 0 aromatic heterocycles. The van der Waals surface area contributed by atoms with Crippen molar-refractivity contribution in [3.8, 4) is 0 Å². The molecule has 0 radical (unpaired) electrons. The van der Waals surface area contributed by atoms with E-state index in [1.165, 1.54) is 0 Å². The molecule has 0 bridgehead atoms. The van der Waals surface area contributed by atoms with Crippen LogP contribution in [0.15, 0.2) is 0 Å². The second kappa shape index (κ2) is 6.76. The number of carbonyl (C=O) groups is 2. The first-order chi connectivity index (χ1) is 8.55. The SMILES string of the molecule is CCOC(=O)CCN(C)C(=O)C1(CC)CCCC1. The molecule has 0 aromatic rings. The monoisotopic (exact) mass is 255 g/mol. The highest BCUT2D eigenvalue weighted by Gasteiger charge is 2.40. The highest BCUT2D eigenvalue weighted by Crippen LogP contribution is 2.42. The average molecular weight is 255 g/mol. The van der Waals surface area contributed by atoms with E-state index in [1.54, 1.807) is 18.9 Å². The van der Waals surface area contributed by atoms with E-state index in [2.05, 4.69) is 6.92 Å². The Labute approximate surface area is 110 Å². The van der Waals surface area contributed by atoms with E-state index < -0.39 is 0 Å². The lowest BCUT2D eigenvalue weighted by Crippen LogP contribution is -2.41. The molecule has 1 aliphatic carbocycles. The lowest BCUT2D eigenvalue weighted by atomic mass is 9.82. The summed E-state index contributed by atoms with van der Waals surface area (Å²) < 4.78 is 4.87. The summed E-state index contributed by atoms with van der Waals surface area (Å²) in [6, 6.07) is 0. The van der Waals surface area contributed by atoms with Crippen LogP contribution in [0.2, 0.25) is 0 Å². The smallest absolute Gasteiger partial charge is 0.307 e. The Hall–Kier alpha value is -1.06. The van der Waals surface area contributed by atoms with Crippen molar-refractivity contribution in [1.82, 2.24) is 4.90 Å². The Morgan fingerprint density at radius 3 is 2.33 bits per heavy atom. The number of esters is 1. The van der Waals surface area contributed by atoms with Crippen molar-refractivity contribution in [2.75, 3.05) is 20.2 Å². The normalized spacial score (nSPS) is 17.5. The summed E-state index contributed by atoms with van der Waals surface area (Å²) in [6.45, 7) is 4.73. The lowest BCUT2D eigenvalue weighted by molar-refractivity contribution is -0.145. The zero-order valence-electron chi connectivity index (χ0n) is 11.8. The molecule has 1 amide bonds. The maximum Gasteiger partial charge on any atom is 0.307 e. The quantitative estimate of drug-likeness (QED) is 0.685. The van der Waals surface area contributed by atoms with E-state index in [0.717, 1.165) is 32.1 Å². The molecule has 104 valence electrons. The fraction of sp³-hybridized carbons (Fsp3) is 0.857. The van der Waals surface area contributed by atoms with Crippen LogP contribution in [0.5, 0.6) is 0 Å². The minimum Gasteiger partial charge on any atom is -0.466 e. The summed E-state index contributed by atoms with van der Waals surface area (Å²) in [5, 5.41) is 0. The predicted octanol–water partition coefficient (Wildman–Crippen LogP) is 2.37. The molecule has 4 heteroatoms. The average Bonchev–Trinajstić information content (AvgIpc) is 2.85. The third kappa shape index (κ3) is 3.47. The minimum absolute atomic E-state index is 0.163. The molecule has 0 atom stereocenters. The van der Waals surface area contributed by atoms with Crippen LogP contribution in [-0.4, -0.2) is 37.0 Å². The Kier molecular flexibility index (Phi) is 5.63. The zero-order valence-corrected chi connectivity index (χ0v) is 11.8. The van der Waals surface area contributed by atoms with Crippen molar-refractivity contribution in [3.05, 3.63) is 0 Å². The molecular weight excluding hydrogens is 230 g/mol. The van der Waals surface area contributed by atoms with Gasteiger partial charge in [-0.15, -0.1) is 0 Å². The van der Waals surface area contributed by atoms with Crippen molar-refractivity contribution < 1.29 is 14.3 Å². The van der Waals surface area contributed by atoms with Crippen LogP contribution in [0.25, 0.3) is 0 Å². The molecule has 18 heavy (non-hydrogen) atoms. The molecule has 1 saturated carbocycles. The van der Waals surface area contributed by atoms with Crippen LogP contribution >= 0.6 is 0 Å². The van der Waals surface area contributed by atoms with E-state index >= 15 is 0 Å². The molecule has 0 unspecified atom stereocenters. The Bertz CT molecular complexity index is 295. The standard InChI is InChI=1S/C14H25NO3/c1-4-14(9-6-7-10-14)13(17)15(3)11-8-12(16)18-5-2/h4-11H2,1-3H3. The van der Waals surface area contributed by atoms with Gasteiger partial charge in [-0.2, -0.15) is 0 Å². The van der Waals surface area contributed by atoms with Gasteiger partial charge in [0.2, 0.25) is 5.91 Å². The fourth-order valence-electron chi connectivity index (χ4n) is 2.77. The second-order valence-corrected chi connectivity index (χ2v) is 5.12. The van der Waals surface area contributed by atoms with Crippen molar-refractivity contribution in [2.45, 2.75) is 52.4 Å². The first kappa shape index (κ1) is 15.0. The number of hydrogen-bond donors (Lipinski definition) is 0. The maximum absolute atomic E-state index is 12.4. The van der Waals surface area contributed by atoms with Gasteiger partial charge in [0.25, 0.3) is 0 Å². The summed E-state index contributed by atoms with van der Waals surface area (Å²) in [5.41, 5.74) is -0.163. The summed E-state index contributed by atoms with van der Waals surface area (Å²) in [6.07, 6.45) is 5.46. The van der Waals surface area contributed by atoms with Gasteiger partial charge in [0, 0.05) is 19.0 Å². The third-order valence-electron chi connectivity index (χ3n) is 3.99. The molecule has 1 aliphatic rings. The summed E-state index contributed by atoms with van der Waals surface area (Å²) >= 11 is 0. The first-order valence-electron chi connectivity index (χ1n) is 6.97. The van der Waals surface area contributed by atoms with Gasteiger partial charge < -0.3 is 9.64 Å². The third-order valence-corrected chi connectivity index (χ3v) is 3.99. The molecule has 0 saturated heterocycles. The van der Waals surface area contributed by atoms with Gasteiger partial charge in [-0.05, 0) is 26.2 Å². The van der Waals surface area contributed by atoms with Crippen LogP contribution < -0.4 is 0 Å². The van der Waals surface area contributed by atoms with Crippen LogP contribution in [0.1, 0.15) is 52.4 Å². The number of nitrogens with zero attached hydrogens (tertiary/aromatic N) is 1. The van der Waals surface area contributed by atoms with Gasteiger partial charge in [0.15, 0.2) is 0 Å². The van der Waals surface area contributed by atoms with Gasteiger partial charge >= 0.3 is 5.97 Å². The van der Waals surface area contributed by atoms with Crippen LogP contribution in [-0.2, 0) is 14.3 Å². The summed E-state index contributed by atoms with van der Waals surface area (Å²) in [4.78, 5) is 25.4. The fourth-order valence-corrected chi connectivity index (χ4v) is 2.77. The van der Waals surface area contributed by atoms with Gasteiger partial charge in [-0.1, -0.05) is 19.8 Å². The highest BCUT2D eigenvalue weighted by molar-refractivity contribution is 5.83. The van der Waals surface area contributed by atoms with Crippen LogP contribution in [0.4, 0.5) is 0 Å². The van der Waals surface area contributed by atoms with Gasteiger partial charge in [-0.3, -0.25) is 9.59 Å². The molecule has 0 heterocycles.